The number of rotatable bonds is 7. The molecule has 4 heteroatoms. The highest BCUT2D eigenvalue weighted by Gasteiger charge is 2.25. The Morgan fingerprint density at radius 1 is 1.53 bits per heavy atom. The van der Waals surface area contributed by atoms with Crippen LogP contribution >= 0.6 is 0 Å². The van der Waals surface area contributed by atoms with Gasteiger partial charge in [-0.15, -0.1) is 0 Å². The van der Waals surface area contributed by atoms with E-state index in [-0.39, 0.29) is 5.91 Å². The summed E-state index contributed by atoms with van der Waals surface area (Å²) in [6, 6.07) is 0. The number of hydrogen-bond acceptors (Lipinski definition) is 3. The van der Waals surface area contributed by atoms with Gasteiger partial charge in [-0.05, 0) is 19.3 Å². The van der Waals surface area contributed by atoms with E-state index in [1.54, 1.807) is 6.92 Å². The molecular formula is C11H24N2O2. The van der Waals surface area contributed by atoms with Crippen LogP contribution in [0.1, 0.15) is 34.1 Å². The third-order valence-corrected chi connectivity index (χ3v) is 2.24. The van der Waals surface area contributed by atoms with E-state index in [9.17, 15) is 4.79 Å². The smallest absolute Gasteiger partial charge is 0.239 e. The zero-order chi connectivity index (χ0) is 11.9. The van der Waals surface area contributed by atoms with Gasteiger partial charge in [0.05, 0.1) is 12.1 Å². The molecule has 0 radical (unpaired) electrons. The Labute approximate surface area is 92.6 Å². The molecule has 0 spiro atoms. The number of nitrogens with two attached hydrogens (primary N) is 1. The van der Waals surface area contributed by atoms with Crippen molar-refractivity contribution in [1.29, 1.82) is 0 Å². The Bertz CT molecular complexity index is 191. The molecule has 1 atom stereocenters. The highest BCUT2D eigenvalue weighted by atomic mass is 16.5. The Morgan fingerprint density at radius 2 is 2.13 bits per heavy atom. The molecule has 1 unspecified atom stereocenters. The van der Waals surface area contributed by atoms with Crippen LogP contribution < -0.4 is 11.1 Å². The summed E-state index contributed by atoms with van der Waals surface area (Å²) in [7, 11) is 0. The Balaban J connectivity index is 3.56. The molecule has 0 rings (SSSR count). The molecule has 0 aromatic heterocycles. The lowest BCUT2D eigenvalue weighted by atomic mass is 10.00. The van der Waals surface area contributed by atoms with Gasteiger partial charge in [-0.3, -0.25) is 4.79 Å². The molecule has 0 aliphatic rings. The number of amides is 1. The van der Waals surface area contributed by atoms with Gasteiger partial charge in [0.2, 0.25) is 5.91 Å². The van der Waals surface area contributed by atoms with Crippen LogP contribution in [-0.4, -0.2) is 31.2 Å². The van der Waals surface area contributed by atoms with E-state index in [2.05, 4.69) is 19.2 Å². The number of nitrogens with one attached hydrogen (secondary N) is 1. The van der Waals surface area contributed by atoms with Crippen LogP contribution in [0.15, 0.2) is 0 Å². The Kier molecular flexibility index (Phi) is 6.52. The predicted molar refractivity (Wildman–Crippen MR) is 61.6 cm³/mol. The van der Waals surface area contributed by atoms with Gasteiger partial charge in [0.25, 0.3) is 0 Å². The fourth-order valence-electron chi connectivity index (χ4n) is 0.918. The third kappa shape index (κ3) is 6.47. The first-order valence-electron chi connectivity index (χ1n) is 5.55. The SMILES string of the molecule is CCC(C)(N)C(=O)NCCOCC(C)C. The van der Waals surface area contributed by atoms with Crippen LogP contribution in [0.3, 0.4) is 0 Å². The van der Waals surface area contributed by atoms with Gasteiger partial charge >= 0.3 is 0 Å². The van der Waals surface area contributed by atoms with Gasteiger partial charge in [-0.2, -0.15) is 0 Å². The fraction of sp³-hybridized carbons (Fsp3) is 0.909. The molecule has 1 amide bonds. The average Bonchev–Trinajstić information content (AvgIpc) is 2.16. The molecule has 0 saturated heterocycles. The molecule has 15 heavy (non-hydrogen) atoms. The minimum Gasteiger partial charge on any atom is -0.379 e. The standard InChI is InChI=1S/C11H24N2O2/c1-5-11(4,12)10(14)13-6-7-15-8-9(2)3/h9H,5-8,12H2,1-4H3,(H,13,14). The molecule has 0 fully saturated rings. The quantitative estimate of drug-likeness (QED) is 0.622. The van der Waals surface area contributed by atoms with E-state index in [4.69, 9.17) is 10.5 Å². The maximum absolute atomic E-state index is 11.5. The second-order valence-electron chi connectivity index (χ2n) is 4.50. The number of ether oxygens (including phenoxy) is 1. The molecule has 3 N–H and O–H groups in total. The summed E-state index contributed by atoms with van der Waals surface area (Å²) in [5.74, 6) is 0.411. The van der Waals surface area contributed by atoms with Crippen molar-refractivity contribution in [3.63, 3.8) is 0 Å². The molecule has 0 aliphatic carbocycles. The van der Waals surface area contributed by atoms with Crippen LogP contribution in [0.4, 0.5) is 0 Å². The minimum atomic E-state index is -0.766. The van der Waals surface area contributed by atoms with Gasteiger partial charge < -0.3 is 15.8 Å². The maximum atomic E-state index is 11.5. The molecule has 0 bridgehead atoms. The second kappa shape index (κ2) is 6.80. The first-order chi connectivity index (χ1) is 6.90. The summed E-state index contributed by atoms with van der Waals surface area (Å²) in [6.07, 6.45) is 0.631. The molecule has 0 saturated carbocycles. The van der Waals surface area contributed by atoms with Crippen LogP contribution in [0, 0.1) is 5.92 Å². The Hall–Kier alpha value is -0.610. The summed E-state index contributed by atoms with van der Waals surface area (Å²) >= 11 is 0. The summed E-state index contributed by atoms with van der Waals surface area (Å²) in [4.78, 5) is 11.5. The highest BCUT2D eigenvalue weighted by molar-refractivity contribution is 5.85. The van der Waals surface area contributed by atoms with Crippen molar-refractivity contribution in [3.05, 3.63) is 0 Å². The number of carbonyl (C=O) groups is 1. The molecule has 0 aromatic rings. The summed E-state index contributed by atoms with van der Waals surface area (Å²) in [5, 5.41) is 2.76. The van der Waals surface area contributed by atoms with Crippen LogP contribution in [0.2, 0.25) is 0 Å². The fourth-order valence-corrected chi connectivity index (χ4v) is 0.918. The molecular weight excluding hydrogens is 192 g/mol. The molecule has 90 valence electrons. The monoisotopic (exact) mass is 216 g/mol. The van der Waals surface area contributed by atoms with Crippen LogP contribution in [0.5, 0.6) is 0 Å². The van der Waals surface area contributed by atoms with E-state index >= 15 is 0 Å². The van der Waals surface area contributed by atoms with Crippen molar-refractivity contribution in [1.82, 2.24) is 5.32 Å². The van der Waals surface area contributed by atoms with E-state index in [0.29, 0.717) is 25.5 Å². The zero-order valence-corrected chi connectivity index (χ0v) is 10.3. The van der Waals surface area contributed by atoms with E-state index in [1.807, 2.05) is 6.92 Å². The largest absolute Gasteiger partial charge is 0.379 e. The van der Waals surface area contributed by atoms with Crippen molar-refractivity contribution in [2.75, 3.05) is 19.8 Å². The summed E-state index contributed by atoms with van der Waals surface area (Å²) in [6.45, 7) is 9.61. The maximum Gasteiger partial charge on any atom is 0.239 e. The third-order valence-electron chi connectivity index (χ3n) is 2.24. The predicted octanol–water partition coefficient (Wildman–Crippen LogP) is 0.903. The van der Waals surface area contributed by atoms with Crippen molar-refractivity contribution < 1.29 is 9.53 Å². The normalized spacial score (nSPS) is 15.1. The van der Waals surface area contributed by atoms with E-state index < -0.39 is 5.54 Å². The van der Waals surface area contributed by atoms with Gasteiger partial charge in [0.15, 0.2) is 0 Å². The summed E-state index contributed by atoms with van der Waals surface area (Å²) < 4.78 is 5.34. The van der Waals surface area contributed by atoms with E-state index in [0.717, 1.165) is 6.61 Å². The lowest BCUT2D eigenvalue weighted by Crippen LogP contribution is -2.51. The minimum absolute atomic E-state index is 0.113. The van der Waals surface area contributed by atoms with Gasteiger partial charge in [0.1, 0.15) is 0 Å². The first-order valence-corrected chi connectivity index (χ1v) is 5.55. The zero-order valence-electron chi connectivity index (χ0n) is 10.3. The van der Waals surface area contributed by atoms with Gasteiger partial charge in [-0.1, -0.05) is 20.8 Å². The van der Waals surface area contributed by atoms with Crippen molar-refractivity contribution in [2.24, 2.45) is 11.7 Å². The van der Waals surface area contributed by atoms with Gasteiger partial charge in [0, 0.05) is 13.2 Å². The van der Waals surface area contributed by atoms with Crippen LogP contribution in [0.25, 0.3) is 0 Å². The highest BCUT2D eigenvalue weighted by Crippen LogP contribution is 2.03. The molecule has 0 aliphatic heterocycles. The molecule has 4 nitrogen and oxygen atoms in total. The molecule has 0 aromatic carbocycles. The summed E-state index contributed by atoms with van der Waals surface area (Å²) in [5.41, 5.74) is 5.00. The van der Waals surface area contributed by atoms with Crippen molar-refractivity contribution >= 4 is 5.91 Å². The second-order valence-corrected chi connectivity index (χ2v) is 4.50. The lowest BCUT2D eigenvalue weighted by Gasteiger charge is -2.21. The average molecular weight is 216 g/mol. The van der Waals surface area contributed by atoms with Crippen molar-refractivity contribution in [2.45, 2.75) is 39.7 Å². The van der Waals surface area contributed by atoms with Crippen LogP contribution in [-0.2, 0) is 9.53 Å². The topological polar surface area (TPSA) is 64.4 Å². The van der Waals surface area contributed by atoms with Gasteiger partial charge in [-0.25, -0.2) is 0 Å². The van der Waals surface area contributed by atoms with Crippen molar-refractivity contribution in [3.8, 4) is 0 Å². The lowest BCUT2D eigenvalue weighted by molar-refractivity contribution is -0.126. The van der Waals surface area contributed by atoms with E-state index in [1.165, 1.54) is 0 Å². The number of hydrogen-bond donors (Lipinski definition) is 2. The molecule has 0 heterocycles. The first kappa shape index (κ1) is 14.4. The number of carbonyl (C=O) groups excluding carboxylic acids is 1. The Morgan fingerprint density at radius 3 is 2.60 bits per heavy atom.